The molecule has 4 heterocycles. The number of hydrogen-bond acceptors (Lipinski definition) is 6. The second-order valence-electron chi connectivity index (χ2n) is 6.70. The first-order valence-corrected chi connectivity index (χ1v) is 8.91. The van der Waals surface area contributed by atoms with Crippen molar-refractivity contribution < 1.29 is 0 Å². The van der Waals surface area contributed by atoms with E-state index in [1.165, 1.54) is 5.56 Å². The summed E-state index contributed by atoms with van der Waals surface area (Å²) in [5.41, 5.74) is 3.33. The van der Waals surface area contributed by atoms with Gasteiger partial charge in [-0.3, -0.25) is 9.88 Å². The Kier molecular flexibility index (Phi) is 4.62. The Labute approximate surface area is 153 Å². The maximum atomic E-state index is 4.52. The van der Waals surface area contributed by atoms with Crippen molar-refractivity contribution >= 4 is 5.82 Å². The zero-order valence-electron chi connectivity index (χ0n) is 15.2. The molecule has 0 amide bonds. The van der Waals surface area contributed by atoms with E-state index in [0.29, 0.717) is 0 Å². The second kappa shape index (κ2) is 7.21. The van der Waals surface area contributed by atoms with Crippen molar-refractivity contribution in [2.24, 2.45) is 0 Å². The standard InChI is InChI=1S/C19H23N7/c1-15-10-16(2)26(23-15)19-11-18(21-14-22-19)25-8-6-24(7-9-25)13-17-4-3-5-20-12-17/h3-5,10-12,14H,6-9,13H2,1-2H3. The van der Waals surface area contributed by atoms with Gasteiger partial charge in [-0.05, 0) is 31.5 Å². The van der Waals surface area contributed by atoms with Crippen LogP contribution in [0.1, 0.15) is 17.0 Å². The molecule has 4 rings (SSSR count). The van der Waals surface area contributed by atoms with Crippen molar-refractivity contribution in [3.05, 3.63) is 59.9 Å². The fourth-order valence-electron chi connectivity index (χ4n) is 3.37. The van der Waals surface area contributed by atoms with Crippen LogP contribution < -0.4 is 4.90 Å². The van der Waals surface area contributed by atoms with Gasteiger partial charge in [-0.25, -0.2) is 14.6 Å². The molecule has 0 atom stereocenters. The van der Waals surface area contributed by atoms with E-state index in [9.17, 15) is 0 Å². The molecular formula is C19H23N7. The Bertz CT molecular complexity index is 867. The molecule has 0 aromatic carbocycles. The van der Waals surface area contributed by atoms with Crippen LogP contribution in [0.4, 0.5) is 5.82 Å². The van der Waals surface area contributed by atoms with Crippen LogP contribution in [0.5, 0.6) is 0 Å². The Hall–Kier alpha value is -2.80. The highest BCUT2D eigenvalue weighted by Gasteiger charge is 2.19. The van der Waals surface area contributed by atoms with Crippen LogP contribution in [0.2, 0.25) is 0 Å². The average molecular weight is 349 g/mol. The highest BCUT2D eigenvalue weighted by molar-refractivity contribution is 5.44. The van der Waals surface area contributed by atoms with Gasteiger partial charge >= 0.3 is 0 Å². The number of anilines is 1. The van der Waals surface area contributed by atoms with Crippen LogP contribution in [0.3, 0.4) is 0 Å². The summed E-state index contributed by atoms with van der Waals surface area (Å²) in [6.45, 7) is 8.90. The third-order valence-corrected chi connectivity index (χ3v) is 4.69. The molecule has 0 N–H and O–H groups in total. The van der Waals surface area contributed by atoms with Crippen LogP contribution in [0, 0.1) is 13.8 Å². The van der Waals surface area contributed by atoms with Crippen molar-refractivity contribution in [2.45, 2.75) is 20.4 Å². The predicted octanol–water partition coefficient (Wildman–Crippen LogP) is 2.00. The molecule has 0 spiro atoms. The Morgan fingerprint density at radius 3 is 2.50 bits per heavy atom. The number of rotatable bonds is 4. The predicted molar refractivity (Wildman–Crippen MR) is 100 cm³/mol. The number of nitrogens with zero attached hydrogens (tertiary/aromatic N) is 7. The highest BCUT2D eigenvalue weighted by Crippen LogP contribution is 2.18. The number of piperazine rings is 1. The van der Waals surface area contributed by atoms with Crippen LogP contribution in [0.25, 0.3) is 5.82 Å². The van der Waals surface area contributed by atoms with Gasteiger partial charge in [0.05, 0.1) is 5.69 Å². The van der Waals surface area contributed by atoms with Gasteiger partial charge in [0.1, 0.15) is 12.1 Å². The molecule has 1 saturated heterocycles. The third kappa shape index (κ3) is 3.57. The van der Waals surface area contributed by atoms with Gasteiger partial charge in [-0.2, -0.15) is 5.10 Å². The number of aryl methyl sites for hydroxylation is 2. The van der Waals surface area contributed by atoms with Gasteiger partial charge in [0.25, 0.3) is 0 Å². The van der Waals surface area contributed by atoms with E-state index in [4.69, 9.17) is 0 Å². The lowest BCUT2D eigenvalue weighted by atomic mass is 10.2. The molecule has 3 aromatic heterocycles. The topological polar surface area (TPSA) is 63.0 Å². The van der Waals surface area contributed by atoms with Gasteiger partial charge < -0.3 is 4.90 Å². The van der Waals surface area contributed by atoms with Crippen molar-refractivity contribution in [3.63, 3.8) is 0 Å². The van der Waals surface area contributed by atoms with E-state index in [0.717, 1.165) is 55.7 Å². The summed E-state index contributed by atoms with van der Waals surface area (Å²) in [6.07, 6.45) is 5.39. The quantitative estimate of drug-likeness (QED) is 0.718. The van der Waals surface area contributed by atoms with E-state index in [2.05, 4.69) is 42.0 Å². The van der Waals surface area contributed by atoms with E-state index in [1.54, 1.807) is 6.33 Å². The molecule has 0 bridgehead atoms. The molecule has 7 heteroatoms. The van der Waals surface area contributed by atoms with Crippen molar-refractivity contribution in [3.8, 4) is 5.82 Å². The molecule has 1 aliphatic rings. The van der Waals surface area contributed by atoms with Crippen molar-refractivity contribution in [1.82, 2.24) is 29.6 Å². The molecule has 1 aliphatic heterocycles. The lowest BCUT2D eigenvalue weighted by Gasteiger charge is -2.35. The van der Waals surface area contributed by atoms with Gasteiger partial charge in [-0.15, -0.1) is 0 Å². The largest absolute Gasteiger partial charge is 0.354 e. The number of hydrogen-bond donors (Lipinski definition) is 0. The Balaban J connectivity index is 1.43. The monoisotopic (exact) mass is 349 g/mol. The lowest BCUT2D eigenvalue weighted by Crippen LogP contribution is -2.46. The molecule has 26 heavy (non-hydrogen) atoms. The zero-order chi connectivity index (χ0) is 17.9. The summed E-state index contributed by atoms with van der Waals surface area (Å²) < 4.78 is 1.87. The molecule has 3 aromatic rings. The zero-order valence-corrected chi connectivity index (χ0v) is 15.2. The fraction of sp³-hybridized carbons (Fsp3) is 0.368. The van der Waals surface area contributed by atoms with Crippen LogP contribution in [0.15, 0.2) is 43.0 Å². The summed E-state index contributed by atoms with van der Waals surface area (Å²) in [4.78, 5) is 17.8. The molecular weight excluding hydrogens is 326 g/mol. The molecule has 134 valence electrons. The minimum absolute atomic E-state index is 0.818. The first-order chi connectivity index (χ1) is 12.7. The van der Waals surface area contributed by atoms with E-state index in [-0.39, 0.29) is 0 Å². The maximum absolute atomic E-state index is 4.52. The molecule has 0 saturated carbocycles. The van der Waals surface area contributed by atoms with Crippen molar-refractivity contribution in [2.75, 3.05) is 31.1 Å². The molecule has 0 aliphatic carbocycles. The minimum Gasteiger partial charge on any atom is -0.354 e. The summed E-state index contributed by atoms with van der Waals surface area (Å²) in [5.74, 6) is 1.78. The SMILES string of the molecule is Cc1cc(C)n(-c2cc(N3CCN(Cc4cccnc4)CC3)ncn2)n1. The molecule has 0 radical (unpaired) electrons. The minimum atomic E-state index is 0.818. The summed E-state index contributed by atoms with van der Waals surface area (Å²) in [6, 6.07) is 8.20. The normalized spacial score (nSPS) is 15.4. The number of aromatic nitrogens is 5. The Morgan fingerprint density at radius 1 is 1.00 bits per heavy atom. The van der Waals surface area contributed by atoms with Crippen molar-refractivity contribution in [1.29, 1.82) is 0 Å². The maximum Gasteiger partial charge on any atom is 0.159 e. The summed E-state index contributed by atoms with van der Waals surface area (Å²) >= 11 is 0. The van der Waals surface area contributed by atoms with E-state index >= 15 is 0 Å². The molecule has 0 unspecified atom stereocenters. The third-order valence-electron chi connectivity index (χ3n) is 4.69. The smallest absolute Gasteiger partial charge is 0.159 e. The number of pyridine rings is 1. The van der Waals surface area contributed by atoms with Gasteiger partial charge in [0, 0.05) is 56.9 Å². The highest BCUT2D eigenvalue weighted by atomic mass is 15.3. The Morgan fingerprint density at radius 2 is 1.81 bits per heavy atom. The van der Waals surface area contributed by atoms with Gasteiger partial charge in [-0.1, -0.05) is 6.07 Å². The first kappa shape index (κ1) is 16.7. The van der Waals surface area contributed by atoms with Gasteiger partial charge in [0.15, 0.2) is 5.82 Å². The first-order valence-electron chi connectivity index (χ1n) is 8.91. The molecule has 7 nitrogen and oxygen atoms in total. The summed E-state index contributed by atoms with van der Waals surface area (Å²) in [5, 5.41) is 4.52. The van der Waals surface area contributed by atoms with Crippen LogP contribution in [-0.2, 0) is 6.54 Å². The van der Waals surface area contributed by atoms with Gasteiger partial charge in [0.2, 0.25) is 0 Å². The van der Waals surface area contributed by atoms with Crippen LogP contribution in [-0.4, -0.2) is 55.8 Å². The average Bonchev–Trinajstić information content (AvgIpc) is 3.01. The van der Waals surface area contributed by atoms with E-state index in [1.807, 2.05) is 43.1 Å². The van der Waals surface area contributed by atoms with E-state index < -0.39 is 0 Å². The molecule has 1 fully saturated rings. The lowest BCUT2D eigenvalue weighted by molar-refractivity contribution is 0.249. The second-order valence-corrected chi connectivity index (χ2v) is 6.70. The van der Waals surface area contributed by atoms with Crippen LogP contribution >= 0.6 is 0 Å². The fourth-order valence-corrected chi connectivity index (χ4v) is 3.37. The summed E-state index contributed by atoms with van der Waals surface area (Å²) in [7, 11) is 0.